The topological polar surface area (TPSA) is 63.3 Å². The second-order valence-corrected chi connectivity index (χ2v) is 3.77. The molecule has 2 rings (SSSR count). The first-order valence-corrected chi connectivity index (χ1v) is 4.90. The Morgan fingerprint density at radius 2 is 2.29 bits per heavy atom. The van der Waals surface area contributed by atoms with Gasteiger partial charge in [0.1, 0.15) is 12.2 Å². The smallest absolute Gasteiger partial charge is 0.312 e. The fraction of sp³-hybridized carbons (Fsp3) is 0.600. The van der Waals surface area contributed by atoms with Crippen molar-refractivity contribution >= 4 is 5.97 Å². The minimum atomic E-state index is -0.786. The summed E-state index contributed by atoms with van der Waals surface area (Å²) in [7, 11) is 0. The van der Waals surface area contributed by atoms with Crippen molar-refractivity contribution < 1.29 is 14.3 Å². The Balaban J connectivity index is 2.19. The fourth-order valence-corrected chi connectivity index (χ4v) is 2.24. The molecule has 14 heavy (non-hydrogen) atoms. The molecule has 1 atom stereocenters. The van der Waals surface area contributed by atoms with Crippen LogP contribution in [0.2, 0.25) is 0 Å². The van der Waals surface area contributed by atoms with Crippen LogP contribution in [0.15, 0.2) is 17.1 Å². The van der Waals surface area contributed by atoms with E-state index in [9.17, 15) is 4.79 Å². The zero-order chi connectivity index (χ0) is 9.97. The lowest BCUT2D eigenvalue weighted by Gasteiger charge is -2.16. The summed E-state index contributed by atoms with van der Waals surface area (Å²) < 4.78 is 4.83. The SMILES string of the molecule is O=C(O)C(c1cocn1)C1CCCC1. The summed E-state index contributed by atoms with van der Waals surface area (Å²) in [6.07, 6.45) is 6.98. The minimum Gasteiger partial charge on any atom is -0.481 e. The van der Waals surface area contributed by atoms with Gasteiger partial charge in [-0.2, -0.15) is 0 Å². The van der Waals surface area contributed by atoms with Crippen molar-refractivity contribution in [2.24, 2.45) is 5.92 Å². The van der Waals surface area contributed by atoms with Gasteiger partial charge in [0.05, 0.1) is 5.69 Å². The van der Waals surface area contributed by atoms with Gasteiger partial charge >= 0.3 is 5.97 Å². The average Bonchev–Trinajstić information content (AvgIpc) is 2.75. The van der Waals surface area contributed by atoms with E-state index in [0.29, 0.717) is 5.69 Å². The molecule has 0 bridgehead atoms. The van der Waals surface area contributed by atoms with Crippen molar-refractivity contribution in [1.29, 1.82) is 0 Å². The molecule has 4 heteroatoms. The highest BCUT2D eigenvalue weighted by Crippen LogP contribution is 2.36. The number of carbonyl (C=O) groups is 1. The monoisotopic (exact) mass is 195 g/mol. The molecule has 1 heterocycles. The molecule has 1 unspecified atom stereocenters. The second kappa shape index (κ2) is 3.82. The molecule has 4 nitrogen and oxygen atoms in total. The van der Waals surface area contributed by atoms with Crippen molar-refractivity contribution in [1.82, 2.24) is 4.98 Å². The molecule has 1 aromatic heterocycles. The second-order valence-electron chi connectivity index (χ2n) is 3.77. The lowest BCUT2D eigenvalue weighted by molar-refractivity contribution is -0.140. The Kier molecular flexibility index (Phi) is 2.52. The van der Waals surface area contributed by atoms with E-state index in [1.165, 1.54) is 12.7 Å². The van der Waals surface area contributed by atoms with Gasteiger partial charge in [-0.05, 0) is 18.8 Å². The third-order valence-corrected chi connectivity index (χ3v) is 2.91. The van der Waals surface area contributed by atoms with Crippen LogP contribution in [-0.4, -0.2) is 16.1 Å². The lowest BCUT2D eigenvalue weighted by Crippen LogP contribution is -2.19. The molecule has 0 saturated heterocycles. The molecule has 1 aliphatic carbocycles. The van der Waals surface area contributed by atoms with Crippen molar-refractivity contribution in [3.05, 3.63) is 18.4 Å². The fourth-order valence-electron chi connectivity index (χ4n) is 2.24. The Bertz CT molecular complexity index is 301. The largest absolute Gasteiger partial charge is 0.481 e. The summed E-state index contributed by atoms with van der Waals surface area (Å²) >= 11 is 0. The molecule has 1 aliphatic rings. The molecule has 1 saturated carbocycles. The van der Waals surface area contributed by atoms with E-state index in [1.54, 1.807) is 0 Å². The predicted molar refractivity (Wildman–Crippen MR) is 48.8 cm³/mol. The van der Waals surface area contributed by atoms with E-state index in [1.807, 2.05) is 0 Å². The van der Waals surface area contributed by atoms with Crippen LogP contribution < -0.4 is 0 Å². The van der Waals surface area contributed by atoms with Gasteiger partial charge in [0.15, 0.2) is 6.39 Å². The molecule has 0 radical (unpaired) electrons. The molecule has 1 fully saturated rings. The normalized spacial score (nSPS) is 19.7. The third kappa shape index (κ3) is 1.64. The van der Waals surface area contributed by atoms with Crippen LogP contribution in [-0.2, 0) is 4.79 Å². The van der Waals surface area contributed by atoms with E-state index < -0.39 is 11.9 Å². The number of aliphatic carboxylic acids is 1. The summed E-state index contributed by atoms with van der Waals surface area (Å²) in [5, 5.41) is 9.12. The number of rotatable bonds is 3. The number of aromatic nitrogens is 1. The summed E-state index contributed by atoms with van der Waals surface area (Å²) in [4.78, 5) is 15.0. The van der Waals surface area contributed by atoms with Gasteiger partial charge in [-0.1, -0.05) is 12.8 Å². The Labute approximate surface area is 81.9 Å². The van der Waals surface area contributed by atoms with Gasteiger partial charge in [0, 0.05) is 0 Å². The van der Waals surface area contributed by atoms with Crippen LogP contribution in [0.3, 0.4) is 0 Å². The molecule has 1 aromatic rings. The number of hydrogen-bond donors (Lipinski definition) is 1. The highest BCUT2D eigenvalue weighted by Gasteiger charge is 2.33. The zero-order valence-electron chi connectivity index (χ0n) is 7.85. The van der Waals surface area contributed by atoms with Crippen LogP contribution in [0.25, 0.3) is 0 Å². The quantitative estimate of drug-likeness (QED) is 0.801. The third-order valence-electron chi connectivity index (χ3n) is 2.91. The highest BCUT2D eigenvalue weighted by atomic mass is 16.4. The van der Waals surface area contributed by atoms with Gasteiger partial charge in [0.2, 0.25) is 0 Å². The van der Waals surface area contributed by atoms with Gasteiger partial charge in [-0.25, -0.2) is 4.98 Å². The number of hydrogen-bond acceptors (Lipinski definition) is 3. The molecule has 0 aromatic carbocycles. The molecular weight excluding hydrogens is 182 g/mol. The van der Waals surface area contributed by atoms with E-state index in [2.05, 4.69) is 4.98 Å². The van der Waals surface area contributed by atoms with Crippen LogP contribution in [0.5, 0.6) is 0 Å². The van der Waals surface area contributed by atoms with Gasteiger partial charge in [0.25, 0.3) is 0 Å². The van der Waals surface area contributed by atoms with Crippen LogP contribution in [0, 0.1) is 5.92 Å². The first-order valence-electron chi connectivity index (χ1n) is 4.90. The van der Waals surface area contributed by atoms with Crippen LogP contribution in [0.4, 0.5) is 0 Å². The Hall–Kier alpha value is -1.32. The summed E-state index contributed by atoms with van der Waals surface area (Å²) in [5.74, 6) is -1.03. The maximum Gasteiger partial charge on any atom is 0.312 e. The van der Waals surface area contributed by atoms with Crippen LogP contribution >= 0.6 is 0 Å². The molecule has 0 amide bonds. The maximum atomic E-state index is 11.1. The highest BCUT2D eigenvalue weighted by molar-refractivity contribution is 5.75. The molecular formula is C10H13NO3. The Morgan fingerprint density at radius 3 is 2.79 bits per heavy atom. The van der Waals surface area contributed by atoms with Gasteiger partial charge in [-0.15, -0.1) is 0 Å². The first-order chi connectivity index (χ1) is 6.79. The summed E-state index contributed by atoms with van der Waals surface area (Å²) in [6, 6.07) is 0. The van der Waals surface area contributed by atoms with Crippen molar-refractivity contribution in [2.75, 3.05) is 0 Å². The van der Waals surface area contributed by atoms with E-state index in [0.717, 1.165) is 25.7 Å². The van der Waals surface area contributed by atoms with Gasteiger partial charge in [-0.3, -0.25) is 4.79 Å². The average molecular weight is 195 g/mol. The summed E-state index contributed by atoms with van der Waals surface area (Å²) in [5.41, 5.74) is 0.560. The first kappa shape index (κ1) is 9.24. The lowest BCUT2D eigenvalue weighted by atomic mass is 9.89. The number of oxazole rings is 1. The standard InChI is InChI=1S/C10H13NO3/c12-10(13)9(7-3-1-2-4-7)8-5-14-6-11-8/h5-7,9H,1-4H2,(H,12,13). The number of nitrogens with zero attached hydrogens (tertiary/aromatic N) is 1. The van der Waals surface area contributed by atoms with Crippen LogP contribution in [0.1, 0.15) is 37.3 Å². The van der Waals surface area contributed by atoms with E-state index >= 15 is 0 Å². The van der Waals surface area contributed by atoms with Crippen molar-refractivity contribution in [3.63, 3.8) is 0 Å². The van der Waals surface area contributed by atoms with E-state index in [-0.39, 0.29) is 5.92 Å². The van der Waals surface area contributed by atoms with Crippen molar-refractivity contribution in [2.45, 2.75) is 31.6 Å². The summed E-state index contributed by atoms with van der Waals surface area (Å²) in [6.45, 7) is 0. The molecule has 76 valence electrons. The number of carboxylic acid groups (broad SMARTS) is 1. The number of carboxylic acids is 1. The molecule has 0 aliphatic heterocycles. The molecule has 0 spiro atoms. The predicted octanol–water partition coefficient (Wildman–Crippen LogP) is 2.03. The van der Waals surface area contributed by atoms with Crippen molar-refractivity contribution in [3.8, 4) is 0 Å². The Morgan fingerprint density at radius 1 is 1.57 bits per heavy atom. The molecule has 1 N–H and O–H groups in total. The maximum absolute atomic E-state index is 11.1. The van der Waals surface area contributed by atoms with E-state index in [4.69, 9.17) is 9.52 Å². The van der Waals surface area contributed by atoms with Gasteiger partial charge < -0.3 is 9.52 Å². The zero-order valence-corrected chi connectivity index (χ0v) is 7.85. The minimum absolute atomic E-state index is 0.234.